The topological polar surface area (TPSA) is 39.7 Å². The van der Waals surface area contributed by atoms with E-state index in [0.29, 0.717) is 28.9 Å². The average Bonchev–Trinajstić information content (AvgIpc) is 2.69. The predicted octanol–water partition coefficient (Wildman–Crippen LogP) is 5.88. The van der Waals surface area contributed by atoms with Crippen molar-refractivity contribution in [3.63, 3.8) is 0 Å². The first-order chi connectivity index (χ1) is 13.7. The van der Waals surface area contributed by atoms with Gasteiger partial charge < -0.3 is 19.5 Å². The fourth-order valence-corrected chi connectivity index (χ4v) is 3.15. The van der Waals surface area contributed by atoms with Crippen LogP contribution in [-0.2, 0) is 17.9 Å². The summed E-state index contributed by atoms with van der Waals surface area (Å²) < 4.78 is 17.1. The molecule has 0 atom stereocenters. The predicted molar refractivity (Wildman–Crippen MR) is 116 cm³/mol. The minimum Gasteiger partial charge on any atom is -0.493 e. The Kier molecular flexibility index (Phi) is 10.5. The highest BCUT2D eigenvalue weighted by Gasteiger charge is 2.12. The number of halogens is 2. The highest BCUT2D eigenvalue weighted by molar-refractivity contribution is 6.35. The number of benzene rings is 2. The summed E-state index contributed by atoms with van der Waals surface area (Å²) in [5.41, 5.74) is 1.91. The van der Waals surface area contributed by atoms with Crippen molar-refractivity contribution in [3.8, 4) is 11.5 Å². The maximum atomic E-state index is 6.25. The SMILES string of the molecule is CCCCOCCCNCc1cccc(OC)c1OCc1ccc(Cl)cc1Cl. The third-order valence-electron chi connectivity index (χ3n) is 4.27. The summed E-state index contributed by atoms with van der Waals surface area (Å²) in [6.07, 6.45) is 3.26. The van der Waals surface area contributed by atoms with Gasteiger partial charge in [0.05, 0.1) is 7.11 Å². The smallest absolute Gasteiger partial charge is 0.166 e. The van der Waals surface area contributed by atoms with Gasteiger partial charge >= 0.3 is 0 Å². The Hall–Kier alpha value is -1.46. The number of nitrogens with one attached hydrogen (secondary N) is 1. The largest absolute Gasteiger partial charge is 0.493 e. The van der Waals surface area contributed by atoms with Crippen molar-refractivity contribution >= 4 is 23.2 Å². The molecular weight excluding hydrogens is 397 g/mol. The van der Waals surface area contributed by atoms with Crippen LogP contribution in [0.1, 0.15) is 37.3 Å². The molecule has 0 unspecified atom stereocenters. The first-order valence-corrected chi connectivity index (χ1v) is 10.4. The van der Waals surface area contributed by atoms with Gasteiger partial charge in [0.2, 0.25) is 0 Å². The van der Waals surface area contributed by atoms with Crippen LogP contribution in [0.3, 0.4) is 0 Å². The summed E-state index contributed by atoms with van der Waals surface area (Å²) in [5, 5.41) is 4.64. The van der Waals surface area contributed by atoms with E-state index in [1.807, 2.05) is 24.3 Å². The van der Waals surface area contributed by atoms with Crippen LogP contribution in [0.4, 0.5) is 0 Å². The first-order valence-electron chi connectivity index (χ1n) is 9.66. The Morgan fingerprint density at radius 2 is 1.82 bits per heavy atom. The molecule has 4 nitrogen and oxygen atoms in total. The summed E-state index contributed by atoms with van der Waals surface area (Å²) >= 11 is 12.2. The van der Waals surface area contributed by atoms with Gasteiger partial charge in [0, 0.05) is 40.9 Å². The minimum absolute atomic E-state index is 0.342. The highest BCUT2D eigenvalue weighted by Crippen LogP contribution is 2.32. The van der Waals surface area contributed by atoms with Crippen LogP contribution in [0.15, 0.2) is 36.4 Å². The summed E-state index contributed by atoms with van der Waals surface area (Å²) in [6, 6.07) is 11.3. The maximum absolute atomic E-state index is 6.25. The molecule has 154 valence electrons. The quantitative estimate of drug-likeness (QED) is 0.406. The lowest BCUT2D eigenvalue weighted by molar-refractivity contribution is 0.128. The molecule has 0 fully saturated rings. The lowest BCUT2D eigenvalue weighted by Crippen LogP contribution is -2.17. The molecule has 2 aromatic carbocycles. The number of hydrogen-bond acceptors (Lipinski definition) is 4. The van der Waals surface area contributed by atoms with Gasteiger partial charge in [-0.05, 0) is 37.6 Å². The van der Waals surface area contributed by atoms with Gasteiger partial charge in [0.25, 0.3) is 0 Å². The normalized spacial score (nSPS) is 10.9. The third kappa shape index (κ3) is 7.51. The Labute approximate surface area is 178 Å². The zero-order chi connectivity index (χ0) is 20.2. The number of ether oxygens (including phenoxy) is 3. The number of unbranched alkanes of at least 4 members (excludes halogenated alkanes) is 1. The van der Waals surface area contributed by atoms with E-state index in [-0.39, 0.29) is 0 Å². The first kappa shape index (κ1) is 22.8. The van der Waals surface area contributed by atoms with Crippen LogP contribution in [0.5, 0.6) is 11.5 Å². The maximum Gasteiger partial charge on any atom is 0.166 e. The van der Waals surface area contributed by atoms with Gasteiger partial charge in [-0.2, -0.15) is 0 Å². The monoisotopic (exact) mass is 425 g/mol. The van der Waals surface area contributed by atoms with E-state index in [9.17, 15) is 0 Å². The molecule has 0 aliphatic rings. The molecule has 6 heteroatoms. The lowest BCUT2D eigenvalue weighted by atomic mass is 10.1. The van der Waals surface area contributed by atoms with Crippen molar-refractivity contribution in [2.24, 2.45) is 0 Å². The second-order valence-electron chi connectivity index (χ2n) is 6.47. The number of methoxy groups -OCH3 is 1. The standard InChI is InChI=1S/C22H29Cl2NO3/c1-3-4-12-27-13-6-11-25-15-17-7-5-8-21(26-2)22(17)28-16-18-9-10-19(23)14-20(18)24/h5,7-10,14,25H,3-4,6,11-13,15-16H2,1-2H3. The van der Waals surface area contributed by atoms with Crippen LogP contribution in [0, 0.1) is 0 Å². The number of hydrogen-bond donors (Lipinski definition) is 1. The minimum atomic E-state index is 0.342. The molecular formula is C22H29Cl2NO3. The fourth-order valence-electron chi connectivity index (χ4n) is 2.68. The Bertz CT molecular complexity index is 725. The lowest BCUT2D eigenvalue weighted by Gasteiger charge is -2.16. The zero-order valence-corrected chi connectivity index (χ0v) is 18.1. The van der Waals surface area contributed by atoms with Crippen molar-refractivity contribution in [1.82, 2.24) is 5.32 Å². The second-order valence-corrected chi connectivity index (χ2v) is 7.31. The highest BCUT2D eigenvalue weighted by atomic mass is 35.5. The van der Waals surface area contributed by atoms with E-state index in [1.54, 1.807) is 19.2 Å². The molecule has 0 bridgehead atoms. The summed E-state index contributed by atoms with van der Waals surface area (Å²) in [4.78, 5) is 0. The van der Waals surface area contributed by atoms with Crippen molar-refractivity contribution in [3.05, 3.63) is 57.6 Å². The molecule has 0 radical (unpaired) electrons. The molecule has 28 heavy (non-hydrogen) atoms. The van der Waals surface area contributed by atoms with Gasteiger partial charge in [0.15, 0.2) is 11.5 Å². The van der Waals surface area contributed by atoms with Crippen LogP contribution in [-0.4, -0.2) is 26.9 Å². The van der Waals surface area contributed by atoms with E-state index in [0.717, 1.165) is 55.9 Å². The van der Waals surface area contributed by atoms with E-state index < -0.39 is 0 Å². The fraction of sp³-hybridized carbons (Fsp3) is 0.455. The molecule has 1 N–H and O–H groups in total. The molecule has 0 spiro atoms. The van der Waals surface area contributed by atoms with E-state index in [4.69, 9.17) is 37.4 Å². The average molecular weight is 426 g/mol. The Balaban J connectivity index is 1.90. The molecule has 0 aromatic heterocycles. The van der Waals surface area contributed by atoms with Gasteiger partial charge in [-0.1, -0.05) is 54.7 Å². The molecule has 0 aliphatic carbocycles. The molecule has 0 aliphatic heterocycles. The molecule has 0 saturated carbocycles. The van der Waals surface area contributed by atoms with E-state index in [1.165, 1.54) is 0 Å². The zero-order valence-electron chi connectivity index (χ0n) is 16.6. The summed E-state index contributed by atoms with van der Waals surface area (Å²) in [6.45, 7) is 5.71. The van der Waals surface area contributed by atoms with Crippen molar-refractivity contribution in [1.29, 1.82) is 0 Å². The summed E-state index contributed by atoms with van der Waals surface area (Å²) in [7, 11) is 1.64. The van der Waals surface area contributed by atoms with Crippen molar-refractivity contribution in [2.75, 3.05) is 26.9 Å². The summed E-state index contributed by atoms with van der Waals surface area (Å²) in [5.74, 6) is 1.43. The third-order valence-corrected chi connectivity index (χ3v) is 4.85. The van der Waals surface area contributed by atoms with E-state index in [2.05, 4.69) is 12.2 Å². The van der Waals surface area contributed by atoms with Gasteiger partial charge in [0.1, 0.15) is 6.61 Å². The van der Waals surface area contributed by atoms with Crippen LogP contribution in [0.2, 0.25) is 10.0 Å². The molecule has 0 heterocycles. The number of rotatable bonds is 13. The van der Waals surface area contributed by atoms with Crippen molar-refractivity contribution in [2.45, 2.75) is 39.3 Å². The van der Waals surface area contributed by atoms with Gasteiger partial charge in [-0.25, -0.2) is 0 Å². The van der Waals surface area contributed by atoms with E-state index >= 15 is 0 Å². The molecule has 0 amide bonds. The van der Waals surface area contributed by atoms with Gasteiger partial charge in [-0.15, -0.1) is 0 Å². The molecule has 2 aromatic rings. The molecule has 2 rings (SSSR count). The van der Waals surface area contributed by atoms with Crippen LogP contribution in [0.25, 0.3) is 0 Å². The van der Waals surface area contributed by atoms with Crippen LogP contribution >= 0.6 is 23.2 Å². The second kappa shape index (κ2) is 12.9. The van der Waals surface area contributed by atoms with Crippen LogP contribution < -0.4 is 14.8 Å². The number of para-hydroxylation sites is 1. The van der Waals surface area contributed by atoms with Crippen molar-refractivity contribution < 1.29 is 14.2 Å². The Morgan fingerprint density at radius 1 is 1.00 bits per heavy atom. The molecule has 0 saturated heterocycles. The Morgan fingerprint density at radius 3 is 2.57 bits per heavy atom. The van der Waals surface area contributed by atoms with Gasteiger partial charge in [-0.3, -0.25) is 0 Å².